The zero-order valence-corrected chi connectivity index (χ0v) is 9.03. The zero-order valence-electron chi connectivity index (χ0n) is 9.03. The van der Waals surface area contributed by atoms with E-state index in [1.807, 2.05) is 4.90 Å². The predicted octanol–water partition coefficient (Wildman–Crippen LogP) is 1.28. The quantitative estimate of drug-likeness (QED) is 0.682. The van der Waals surface area contributed by atoms with Crippen molar-refractivity contribution >= 4 is 5.91 Å². The lowest BCUT2D eigenvalue weighted by atomic mass is 10.0. The van der Waals surface area contributed by atoms with Gasteiger partial charge in [-0.2, -0.15) is 0 Å². The Morgan fingerprint density at radius 1 is 1.43 bits per heavy atom. The standard InChI is InChI=1S/C11H19NO2/c1-8-5-6-12(10(8)7-14-2)11(13)9-3-4-9/h8-10H,3-7H2,1-2H3. The summed E-state index contributed by atoms with van der Waals surface area (Å²) in [4.78, 5) is 14.0. The van der Waals surface area contributed by atoms with Crippen LogP contribution in [-0.2, 0) is 9.53 Å². The number of rotatable bonds is 3. The molecule has 0 N–H and O–H groups in total. The molecule has 0 aromatic heterocycles. The van der Waals surface area contributed by atoms with E-state index in [1.165, 1.54) is 0 Å². The van der Waals surface area contributed by atoms with Gasteiger partial charge in [-0.15, -0.1) is 0 Å². The monoisotopic (exact) mass is 197 g/mol. The van der Waals surface area contributed by atoms with Crippen LogP contribution >= 0.6 is 0 Å². The van der Waals surface area contributed by atoms with Crippen LogP contribution in [-0.4, -0.2) is 37.1 Å². The minimum atomic E-state index is 0.327. The van der Waals surface area contributed by atoms with E-state index in [-0.39, 0.29) is 0 Å². The molecule has 14 heavy (non-hydrogen) atoms. The Hall–Kier alpha value is -0.570. The average molecular weight is 197 g/mol. The lowest BCUT2D eigenvalue weighted by Gasteiger charge is -2.26. The minimum absolute atomic E-state index is 0.327. The van der Waals surface area contributed by atoms with Gasteiger partial charge < -0.3 is 9.64 Å². The van der Waals surface area contributed by atoms with Crippen molar-refractivity contribution in [3.8, 4) is 0 Å². The molecule has 80 valence electrons. The maximum absolute atomic E-state index is 11.9. The van der Waals surface area contributed by atoms with E-state index >= 15 is 0 Å². The molecule has 1 amide bonds. The van der Waals surface area contributed by atoms with Gasteiger partial charge in [-0.05, 0) is 25.2 Å². The minimum Gasteiger partial charge on any atom is -0.383 e. The summed E-state index contributed by atoms with van der Waals surface area (Å²) >= 11 is 0. The number of ether oxygens (including phenoxy) is 1. The molecule has 0 bridgehead atoms. The Kier molecular flexibility index (Phi) is 2.77. The molecule has 0 radical (unpaired) electrons. The summed E-state index contributed by atoms with van der Waals surface area (Å²) in [5.41, 5.74) is 0. The van der Waals surface area contributed by atoms with Crippen LogP contribution in [0.5, 0.6) is 0 Å². The van der Waals surface area contributed by atoms with E-state index in [2.05, 4.69) is 6.92 Å². The van der Waals surface area contributed by atoms with Crippen LogP contribution in [0.3, 0.4) is 0 Å². The van der Waals surface area contributed by atoms with Crippen molar-refractivity contribution < 1.29 is 9.53 Å². The molecule has 1 saturated carbocycles. The molecule has 2 fully saturated rings. The van der Waals surface area contributed by atoms with Crippen molar-refractivity contribution in [3.63, 3.8) is 0 Å². The third-order valence-corrected chi connectivity index (χ3v) is 3.43. The van der Waals surface area contributed by atoms with E-state index in [4.69, 9.17) is 4.74 Å². The van der Waals surface area contributed by atoms with Crippen molar-refractivity contribution in [2.45, 2.75) is 32.2 Å². The first kappa shape index (κ1) is 9.97. The number of likely N-dealkylation sites (tertiary alicyclic amines) is 1. The van der Waals surface area contributed by atoms with Gasteiger partial charge in [0.2, 0.25) is 5.91 Å². The first-order valence-electron chi connectivity index (χ1n) is 5.53. The van der Waals surface area contributed by atoms with Crippen LogP contribution in [0, 0.1) is 11.8 Å². The Balaban J connectivity index is 1.98. The molecule has 2 unspecified atom stereocenters. The van der Waals surface area contributed by atoms with Gasteiger partial charge in [-0.3, -0.25) is 4.79 Å². The summed E-state index contributed by atoms with van der Waals surface area (Å²) in [6, 6.07) is 0.327. The molecule has 2 atom stereocenters. The number of methoxy groups -OCH3 is 1. The highest BCUT2D eigenvalue weighted by atomic mass is 16.5. The largest absolute Gasteiger partial charge is 0.383 e. The van der Waals surface area contributed by atoms with Crippen LogP contribution < -0.4 is 0 Å². The number of amides is 1. The molecule has 3 heteroatoms. The molecule has 3 nitrogen and oxygen atoms in total. The van der Waals surface area contributed by atoms with Gasteiger partial charge >= 0.3 is 0 Å². The van der Waals surface area contributed by atoms with Crippen molar-refractivity contribution in [2.24, 2.45) is 11.8 Å². The van der Waals surface area contributed by atoms with Crippen molar-refractivity contribution in [3.05, 3.63) is 0 Å². The summed E-state index contributed by atoms with van der Waals surface area (Å²) in [7, 11) is 1.71. The van der Waals surface area contributed by atoms with Crippen molar-refractivity contribution in [2.75, 3.05) is 20.3 Å². The summed E-state index contributed by atoms with van der Waals surface area (Å²) in [6.45, 7) is 3.84. The lowest BCUT2D eigenvalue weighted by molar-refractivity contribution is -0.134. The topological polar surface area (TPSA) is 29.5 Å². The molecule has 1 heterocycles. The van der Waals surface area contributed by atoms with Gasteiger partial charge in [-0.1, -0.05) is 6.92 Å². The second kappa shape index (κ2) is 3.89. The molecule has 2 rings (SSSR count). The van der Waals surface area contributed by atoms with E-state index in [9.17, 15) is 4.79 Å². The Bertz CT molecular complexity index is 225. The number of hydrogen-bond donors (Lipinski definition) is 0. The Labute approximate surface area is 85.4 Å². The number of carbonyl (C=O) groups excluding carboxylic acids is 1. The molecular weight excluding hydrogens is 178 g/mol. The zero-order chi connectivity index (χ0) is 10.1. The molecule has 1 aliphatic heterocycles. The first-order chi connectivity index (χ1) is 6.74. The fourth-order valence-electron chi connectivity index (χ4n) is 2.27. The molecule has 1 aliphatic carbocycles. The van der Waals surface area contributed by atoms with Crippen molar-refractivity contribution in [1.82, 2.24) is 4.90 Å². The smallest absolute Gasteiger partial charge is 0.226 e. The summed E-state index contributed by atoms with van der Waals surface area (Å²) < 4.78 is 5.18. The van der Waals surface area contributed by atoms with Crippen molar-refractivity contribution in [1.29, 1.82) is 0 Å². The summed E-state index contributed by atoms with van der Waals surface area (Å²) in [5, 5.41) is 0. The molecule has 0 spiro atoms. The predicted molar refractivity (Wildman–Crippen MR) is 53.9 cm³/mol. The number of hydrogen-bond acceptors (Lipinski definition) is 2. The second-order valence-corrected chi connectivity index (χ2v) is 4.59. The molecule has 0 aromatic rings. The molecule has 2 aliphatic rings. The van der Waals surface area contributed by atoms with Crippen LogP contribution in [0.1, 0.15) is 26.2 Å². The van der Waals surface area contributed by atoms with Crippen LogP contribution in [0.2, 0.25) is 0 Å². The fourth-order valence-corrected chi connectivity index (χ4v) is 2.27. The lowest BCUT2D eigenvalue weighted by Crippen LogP contribution is -2.41. The molecule has 0 aromatic carbocycles. The van der Waals surface area contributed by atoms with Crippen LogP contribution in [0.15, 0.2) is 0 Å². The van der Waals surface area contributed by atoms with E-state index in [0.717, 1.165) is 25.8 Å². The highest BCUT2D eigenvalue weighted by Gasteiger charge is 2.40. The summed E-state index contributed by atoms with van der Waals surface area (Å²) in [5.74, 6) is 1.31. The van der Waals surface area contributed by atoms with Crippen LogP contribution in [0.4, 0.5) is 0 Å². The van der Waals surface area contributed by atoms with E-state index < -0.39 is 0 Å². The normalized spacial score (nSPS) is 32.3. The van der Waals surface area contributed by atoms with Gasteiger partial charge in [0.25, 0.3) is 0 Å². The third-order valence-electron chi connectivity index (χ3n) is 3.43. The fraction of sp³-hybridized carbons (Fsp3) is 0.909. The molecular formula is C11H19NO2. The third kappa shape index (κ3) is 1.78. The maximum atomic E-state index is 11.9. The van der Waals surface area contributed by atoms with Gasteiger partial charge in [0.15, 0.2) is 0 Å². The second-order valence-electron chi connectivity index (χ2n) is 4.59. The van der Waals surface area contributed by atoms with Crippen LogP contribution in [0.25, 0.3) is 0 Å². The number of carbonyl (C=O) groups is 1. The van der Waals surface area contributed by atoms with E-state index in [1.54, 1.807) is 7.11 Å². The van der Waals surface area contributed by atoms with Gasteiger partial charge in [0.1, 0.15) is 0 Å². The van der Waals surface area contributed by atoms with Gasteiger partial charge in [0.05, 0.1) is 12.6 Å². The SMILES string of the molecule is COCC1C(C)CCN1C(=O)C1CC1. The Morgan fingerprint density at radius 3 is 2.71 bits per heavy atom. The average Bonchev–Trinajstić information content (AvgIpc) is 2.94. The van der Waals surface area contributed by atoms with E-state index in [0.29, 0.717) is 30.4 Å². The Morgan fingerprint density at radius 2 is 2.14 bits per heavy atom. The first-order valence-corrected chi connectivity index (χ1v) is 5.53. The highest BCUT2D eigenvalue weighted by molar-refractivity contribution is 5.81. The van der Waals surface area contributed by atoms with Gasteiger partial charge in [-0.25, -0.2) is 0 Å². The summed E-state index contributed by atoms with van der Waals surface area (Å²) in [6.07, 6.45) is 3.33. The molecule has 1 saturated heterocycles. The van der Waals surface area contributed by atoms with Gasteiger partial charge in [0, 0.05) is 19.6 Å². The maximum Gasteiger partial charge on any atom is 0.226 e. The number of nitrogens with zero attached hydrogens (tertiary/aromatic N) is 1. The highest BCUT2D eigenvalue weighted by Crippen LogP contribution is 2.35.